The number of hydrogen-bond donors (Lipinski definition) is 1. The van der Waals surface area contributed by atoms with Gasteiger partial charge in [-0.05, 0) is 12.8 Å². The molecule has 0 saturated heterocycles. The van der Waals surface area contributed by atoms with Gasteiger partial charge in [-0.15, -0.1) is 0 Å². The predicted molar refractivity (Wildman–Crippen MR) is 201 cm³/mol. The fourth-order valence-corrected chi connectivity index (χ4v) is 6.40. The van der Waals surface area contributed by atoms with Gasteiger partial charge < -0.3 is 18.9 Å². The Labute approximate surface area is 302 Å². The molecule has 0 aromatic carbocycles. The minimum absolute atomic E-state index is 0.0359. The highest BCUT2D eigenvalue weighted by Gasteiger charge is 2.27. The maximum Gasteiger partial charge on any atom is 0.472 e. The molecule has 0 aliphatic carbocycles. The molecule has 0 radical (unpaired) electrons. The van der Waals surface area contributed by atoms with Gasteiger partial charge in [0.05, 0.1) is 27.7 Å². The number of quaternary nitrogens is 1. The van der Waals surface area contributed by atoms with E-state index in [0.717, 1.165) is 51.4 Å². The molecule has 0 spiro atoms. The second-order valence-electron chi connectivity index (χ2n) is 15.0. The summed E-state index contributed by atoms with van der Waals surface area (Å²) in [6, 6.07) is 0. The summed E-state index contributed by atoms with van der Waals surface area (Å²) < 4.78 is 34.0. The maximum atomic E-state index is 12.6. The molecule has 0 aliphatic rings. The van der Waals surface area contributed by atoms with E-state index in [2.05, 4.69) is 13.8 Å². The molecule has 1 N–H and O–H groups in total. The van der Waals surface area contributed by atoms with Gasteiger partial charge in [-0.25, -0.2) is 4.57 Å². The van der Waals surface area contributed by atoms with Crippen molar-refractivity contribution in [3.63, 3.8) is 0 Å². The van der Waals surface area contributed by atoms with Crippen LogP contribution in [-0.2, 0) is 32.7 Å². The van der Waals surface area contributed by atoms with Gasteiger partial charge in [-0.1, -0.05) is 162 Å². The average Bonchev–Trinajstić information content (AvgIpc) is 3.04. The Morgan fingerprint density at radius 3 is 1.31 bits per heavy atom. The lowest BCUT2D eigenvalue weighted by atomic mass is 10.0. The van der Waals surface area contributed by atoms with Gasteiger partial charge in [-0.3, -0.25) is 18.6 Å². The molecule has 0 aromatic heterocycles. The van der Waals surface area contributed by atoms with Gasteiger partial charge in [0, 0.05) is 12.8 Å². The fraction of sp³-hybridized carbons (Fsp3) is 0.949. The molecule has 9 nitrogen and oxygen atoms in total. The zero-order valence-electron chi connectivity index (χ0n) is 32.7. The summed E-state index contributed by atoms with van der Waals surface area (Å²) in [5, 5.41) is 0. The molecule has 0 heterocycles. The van der Waals surface area contributed by atoms with Crippen molar-refractivity contribution in [1.82, 2.24) is 0 Å². The summed E-state index contributed by atoms with van der Waals surface area (Å²) in [5.41, 5.74) is 0. The zero-order chi connectivity index (χ0) is 36.5. The van der Waals surface area contributed by atoms with Crippen molar-refractivity contribution >= 4 is 19.8 Å². The number of unbranched alkanes of at least 4 members (excludes halogenated alkanes) is 23. The Hall–Kier alpha value is -0.990. The van der Waals surface area contributed by atoms with Gasteiger partial charge in [0.25, 0.3) is 0 Å². The van der Waals surface area contributed by atoms with Crippen molar-refractivity contribution < 1.29 is 42.1 Å². The normalized spacial score (nSPS) is 13.7. The molecule has 0 fully saturated rings. The predicted octanol–water partition coefficient (Wildman–Crippen LogP) is 10.9. The second kappa shape index (κ2) is 32.9. The molecule has 0 amide bonds. The molecule has 10 heteroatoms. The van der Waals surface area contributed by atoms with Crippen LogP contribution in [0.4, 0.5) is 0 Å². The molecule has 292 valence electrons. The van der Waals surface area contributed by atoms with Crippen molar-refractivity contribution in [2.45, 2.75) is 193 Å². The lowest BCUT2D eigenvalue weighted by Crippen LogP contribution is -2.37. The molecule has 0 saturated carbocycles. The number of phosphoric ester groups is 1. The molecule has 0 bridgehead atoms. The zero-order valence-corrected chi connectivity index (χ0v) is 33.6. The van der Waals surface area contributed by atoms with Gasteiger partial charge >= 0.3 is 19.8 Å². The van der Waals surface area contributed by atoms with E-state index in [0.29, 0.717) is 11.0 Å². The van der Waals surface area contributed by atoms with Crippen LogP contribution >= 0.6 is 7.82 Å². The first-order valence-corrected chi connectivity index (χ1v) is 21.8. The van der Waals surface area contributed by atoms with Crippen LogP contribution in [0, 0.1) is 0 Å². The van der Waals surface area contributed by atoms with E-state index in [1.54, 1.807) is 0 Å². The van der Waals surface area contributed by atoms with Crippen LogP contribution in [-0.4, -0.2) is 74.9 Å². The van der Waals surface area contributed by atoms with Gasteiger partial charge in [0.2, 0.25) is 0 Å². The lowest BCUT2D eigenvalue weighted by molar-refractivity contribution is -0.870. The highest BCUT2D eigenvalue weighted by molar-refractivity contribution is 7.47. The number of hydrogen-bond acceptors (Lipinski definition) is 7. The Morgan fingerprint density at radius 2 is 0.918 bits per heavy atom. The Kier molecular flexibility index (Phi) is 32.2. The van der Waals surface area contributed by atoms with Gasteiger partial charge in [0.1, 0.15) is 19.8 Å². The molecule has 2 atom stereocenters. The maximum absolute atomic E-state index is 12.6. The van der Waals surface area contributed by atoms with Crippen LogP contribution in [0.15, 0.2) is 0 Å². The van der Waals surface area contributed by atoms with E-state index in [1.165, 1.54) is 109 Å². The van der Waals surface area contributed by atoms with Crippen molar-refractivity contribution in [2.24, 2.45) is 0 Å². The molecular formula is C39H79NO8P+. The van der Waals surface area contributed by atoms with Crippen LogP contribution in [0.25, 0.3) is 0 Å². The summed E-state index contributed by atoms with van der Waals surface area (Å²) in [6.45, 7) is 4.35. The summed E-state index contributed by atoms with van der Waals surface area (Å²) in [7, 11) is 1.49. The van der Waals surface area contributed by atoms with E-state index in [9.17, 15) is 19.0 Å². The van der Waals surface area contributed by atoms with E-state index in [4.69, 9.17) is 18.5 Å². The summed E-state index contributed by atoms with van der Waals surface area (Å²) in [4.78, 5) is 34.9. The van der Waals surface area contributed by atoms with Crippen molar-refractivity contribution in [1.29, 1.82) is 0 Å². The molecule has 0 rings (SSSR count). The number of carbonyl (C=O) groups excluding carboxylic acids is 2. The number of rotatable bonds is 37. The number of esters is 2. The topological polar surface area (TPSA) is 108 Å². The van der Waals surface area contributed by atoms with Crippen molar-refractivity contribution in [3.8, 4) is 0 Å². The van der Waals surface area contributed by atoms with Gasteiger partial charge in [-0.2, -0.15) is 0 Å². The summed E-state index contributed by atoms with van der Waals surface area (Å²) in [6.07, 6.45) is 30.5. The SMILES string of the molecule is CCCCCCCCCCCCCCCCCCCCCCC(=O)OC(COC(=O)CCCCCCC)COP(=O)(O)OCC[N+](C)(C)C. The number of carbonyl (C=O) groups is 2. The van der Waals surface area contributed by atoms with Crippen molar-refractivity contribution in [2.75, 3.05) is 47.5 Å². The third-order valence-corrected chi connectivity index (χ3v) is 9.87. The Morgan fingerprint density at radius 1 is 0.551 bits per heavy atom. The summed E-state index contributed by atoms with van der Waals surface area (Å²) in [5.74, 6) is -0.802. The highest BCUT2D eigenvalue weighted by Crippen LogP contribution is 2.43. The van der Waals surface area contributed by atoms with E-state index in [-0.39, 0.29) is 32.0 Å². The standard InChI is InChI=1S/C39H78NO8P/c1-6-8-10-12-13-14-15-16-17-18-19-20-21-22-23-24-25-26-28-30-32-39(42)48-37(35-45-38(41)31-29-27-11-9-7-2)36-47-49(43,44)46-34-33-40(3,4)5/h37H,6-36H2,1-5H3/p+1. The quantitative estimate of drug-likeness (QED) is 0.0292. The van der Waals surface area contributed by atoms with Crippen LogP contribution < -0.4 is 0 Å². The number of likely N-dealkylation sites (N-methyl/N-ethyl adjacent to an activating group) is 1. The number of phosphoric acid groups is 1. The van der Waals surface area contributed by atoms with E-state index in [1.807, 2.05) is 21.1 Å². The molecule has 2 unspecified atom stereocenters. The van der Waals surface area contributed by atoms with Crippen molar-refractivity contribution in [3.05, 3.63) is 0 Å². The number of ether oxygens (including phenoxy) is 2. The molecule has 0 aromatic rings. The molecule has 49 heavy (non-hydrogen) atoms. The first-order chi connectivity index (χ1) is 23.5. The Bertz CT molecular complexity index is 819. The van der Waals surface area contributed by atoms with E-state index >= 15 is 0 Å². The fourth-order valence-electron chi connectivity index (χ4n) is 5.66. The molecular weight excluding hydrogens is 641 g/mol. The minimum atomic E-state index is -4.35. The smallest absolute Gasteiger partial charge is 0.462 e. The van der Waals surface area contributed by atoms with Crippen LogP contribution in [0.1, 0.15) is 187 Å². The third-order valence-electron chi connectivity index (χ3n) is 8.89. The first kappa shape index (κ1) is 48.0. The average molecular weight is 721 g/mol. The molecule has 0 aliphatic heterocycles. The number of nitrogens with zero attached hydrogens (tertiary/aromatic N) is 1. The highest BCUT2D eigenvalue weighted by atomic mass is 31.2. The van der Waals surface area contributed by atoms with Crippen LogP contribution in [0.5, 0.6) is 0 Å². The largest absolute Gasteiger partial charge is 0.472 e. The van der Waals surface area contributed by atoms with Crippen LogP contribution in [0.3, 0.4) is 0 Å². The van der Waals surface area contributed by atoms with Crippen LogP contribution in [0.2, 0.25) is 0 Å². The first-order valence-electron chi connectivity index (χ1n) is 20.3. The lowest BCUT2D eigenvalue weighted by Gasteiger charge is -2.24. The Balaban J connectivity index is 4.13. The van der Waals surface area contributed by atoms with E-state index < -0.39 is 26.5 Å². The minimum Gasteiger partial charge on any atom is -0.462 e. The summed E-state index contributed by atoms with van der Waals surface area (Å²) >= 11 is 0. The second-order valence-corrected chi connectivity index (χ2v) is 16.5. The third kappa shape index (κ3) is 36.6. The van der Waals surface area contributed by atoms with Gasteiger partial charge in [0.15, 0.2) is 6.10 Å². The monoisotopic (exact) mass is 721 g/mol.